The van der Waals surface area contributed by atoms with E-state index in [9.17, 15) is 14.4 Å². The number of likely N-dealkylation sites (tertiary alicyclic amines) is 1. The molecule has 8 heteroatoms. The number of fused-ring (bicyclic) bond motifs is 1. The molecule has 1 aliphatic carbocycles. The van der Waals surface area contributed by atoms with E-state index in [2.05, 4.69) is 24.1 Å². The first-order chi connectivity index (χ1) is 16.4. The molecule has 4 aliphatic rings. The van der Waals surface area contributed by atoms with Crippen molar-refractivity contribution in [3.05, 3.63) is 29.3 Å². The predicted octanol–water partition coefficient (Wildman–Crippen LogP) is 2.64. The van der Waals surface area contributed by atoms with Gasteiger partial charge in [0.25, 0.3) is 5.91 Å². The third-order valence-corrected chi connectivity index (χ3v) is 8.02. The molecule has 3 aliphatic heterocycles. The Labute approximate surface area is 200 Å². The normalized spacial score (nSPS) is 29.3. The molecule has 34 heavy (non-hydrogen) atoms. The fourth-order valence-electron chi connectivity index (χ4n) is 6.08. The van der Waals surface area contributed by atoms with Crippen LogP contribution in [0.2, 0.25) is 0 Å². The van der Waals surface area contributed by atoms with Gasteiger partial charge in [0.1, 0.15) is 17.9 Å². The molecule has 2 saturated heterocycles. The zero-order valence-electron chi connectivity index (χ0n) is 20.2. The van der Waals surface area contributed by atoms with Gasteiger partial charge in [-0.1, -0.05) is 0 Å². The molecule has 0 spiro atoms. The third kappa shape index (κ3) is 4.45. The predicted molar refractivity (Wildman–Crippen MR) is 125 cm³/mol. The Bertz CT molecular complexity index is 971. The lowest BCUT2D eigenvalue weighted by molar-refractivity contribution is -0.136. The van der Waals surface area contributed by atoms with Gasteiger partial charge in [0.05, 0.1) is 5.60 Å². The Hall–Kier alpha value is -2.45. The molecule has 0 bridgehead atoms. The first-order valence-corrected chi connectivity index (χ1v) is 12.7. The van der Waals surface area contributed by atoms with E-state index in [-0.39, 0.29) is 35.8 Å². The van der Waals surface area contributed by atoms with Crippen LogP contribution in [0.25, 0.3) is 0 Å². The molecule has 3 unspecified atom stereocenters. The summed E-state index contributed by atoms with van der Waals surface area (Å²) in [6.45, 7) is 7.47. The number of hydrogen-bond acceptors (Lipinski definition) is 6. The summed E-state index contributed by atoms with van der Waals surface area (Å²) in [7, 11) is 0. The van der Waals surface area contributed by atoms with E-state index < -0.39 is 6.04 Å². The Kier molecular flexibility index (Phi) is 6.37. The summed E-state index contributed by atoms with van der Waals surface area (Å²) in [5, 5.41) is 2.35. The number of benzene rings is 1. The van der Waals surface area contributed by atoms with Crippen molar-refractivity contribution in [2.24, 2.45) is 0 Å². The van der Waals surface area contributed by atoms with Crippen molar-refractivity contribution in [3.8, 4) is 5.75 Å². The summed E-state index contributed by atoms with van der Waals surface area (Å²) in [5.74, 6) is -0.0294. The second kappa shape index (κ2) is 9.30. The fourth-order valence-corrected chi connectivity index (χ4v) is 6.08. The highest BCUT2D eigenvalue weighted by Crippen LogP contribution is 2.35. The minimum atomic E-state index is -0.595. The number of carbonyl (C=O) groups is 3. The lowest BCUT2D eigenvalue weighted by Crippen LogP contribution is -2.52. The molecule has 3 fully saturated rings. The molecular weight excluding hydrogens is 434 g/mol. The maximum atomic E-state index is 12.9. The molecule has 0 radical (unpaired) electrons. The number of piperidine rings is 2. The summed E-state index contributed by atoms with van der Waals surface area (Å²) in [4.78, 5) is 40.9. The topological polar surface area (TPSA) is 88.2 Å². The Balaban J connectivity index is 1.23. The Morgan fingerprint density at radius 1 is 1.12 bits per heavy atom. The van der Waals surface area contributed by atoms with Crippen LogP contribution >= 0.6 is 0 Å². The van der Waals surface area contributed by atoms with Gasteiger partial charge in [-0.05, 0) is 76.1 Å². The van der Waals surface area contributed by atoms with Crippen LogP contribution in [0, 0.1) is 0 Å². The summed E-state index contributed by atoms with van der Waals surface area (Å²) < 4.78 is 12.5. The fraction of sp³-hybridized carbons (Fsp3) is 0.654. The van der Waals surface area contributed by atoms with Gasteiger partial charge in [0.2, 0.25) is 11.8 Å². The van der Waals surface area contributed by atoms with Crippen LogP contribution in [0.1, 0.15) is 74.7 Å². The van der Waals surface area contributed by atoms with Gasteiger partial charge in [0, 0.05) is 44.3 Å². The van der Waals surface area contributed by atoms with Crippen molar-refractivity contribution in [1.82, 2.24) is 15.1 Å². The van der Waals surface area contributed by atoms with Crippen molar-refractivity contribution < 1.29 is 23.9 Å². The number of hydrogen-bond donors (Lipinski definition) is 1. The highest BCUT2D eigenvalue weighted by atomic mass is 16.5. The first-order valence-electron chi connectivity index (χ1n) is 12.7. The molecule has 1 saturated carbocycles. The van der Waals surface area contributed by atoms with Crippen LogP contribution in [-0.4, -0.2) is 71.0 Å². The number of amides is 3. The minimum absolute atomic E-state index is 0.0128. The molecule has 184 valence electrons. The summed E-state index contributed by atoms with van der Waals surface area (Å²) >= 11 is 0. The van der Waals surface area contributed by atoms with Gasteiger partial charge in [-0.15, -0.1) is 0 Å². The van der Waals surface area contributed by atoms with Crippen molar-refractivity contribution in [2.45, 2.75) is 89.1 Å². The van der Waals surface area contributed by atoms with Gasteiger partial charge in [-0.2, -0.15) is 0 Å². The lowest BCUT2D eigenvalue weighted by Gasteiger charge is -2.42. The molecule has 8 nitrogen and oxygen atoms in total. The highest BCUT2D eigenvalue weighted by molar-refractivity contribution is 6.05. The average molecular weight is 470 g/mol. The molecule has 5 rings (SSSR count). The number of ether oxygens (including phenoxy) is 2. The number of imide groups is 1. The average Bonchev–Trinajstić information content (AvgIpc) is 3.39. The second-order valence-corrected chi connectivity index (χ2v) is 10.3. The Morgan fingerprint density at radius 3 is 2.65 bits per heavy atom. The van der Waals surface area contributed by atoms with Gasteiger partial charge < -0.3 is 14.4 Å². The van der Waals surface area contributed by atoms with E-state index in [4.69, 9.17) is 9.47 Å². The van der Waals surface area contributed by atoms with Crippen molar-refractivity contribution in [2.75, 3.05) is 19.7 Å². The van der Waals surface area contributed by atoms with Crippen LogP contribution in [0.5, 0.6) is 5.75 Å². The van der Waals surface area contributed by atoms with E-state index in [1.165, 1.54) is 0 Å². The maximum Gasteiger partial charge on any atom is 0.255 e. The van der Waals surface area contributed by atoms with Crippen molar-refractivity contribution >= 4 is 17.7 Å². The molecule has 0 aromatic heterocycles. The quantitative estimate of drug-likeness (QED) is 0.645. The van der Waals surface area contributed by atoms with Crippen LogP contribution in [0.4, 0.5) is 0 Å². The van der Waals surface area contributed by atoms with E-state index in [0.29, 0.717) is 24.6 Å². The largest absolute Gasteiger partial charge is 0.489 e. The van der Waals surface area contributed by atoms with E-state index in [1.54, 1.807) is 4.90 Å². The van der Waals surface area contributed by atoms with Crippen molar-refractivity contribution in [3.63, 3.8) is 0 Å². The SMILES string of the molecule is CCOC1(C)CCN(C2CCCC2Oc2ccc3c(c2)CN(C2CCC(=O)NC2=O)C3=O)CC1. The maximum absolute atomic E-state index is 12.9. The molecule has 1 aromatic rings. The minimum Gasteiger partial charge on any atom is -0.489 e. The molecule has 1 N–H and O–H groups in total. The van der Waals surface area contributed by atoms with Gasteiger partial charge >= 0.3 is 0 Å². The summed E-state index contributed by atoms with van der Waals surface area (Å²) in [5.41, 5.74) is 1.49. The number of carbonyl (C=O) groups excluding carboxylic acids is 3. The number of nitrogens with one attached hydrogen (secondary N) is 1. The van der Waals surface area contributed by atoms with Crippen molar-refractivity contribution in [1.29, 1.82) is 0 Å². The Morgan fingerprint density at radius 2 is 1.91 bits per heavy atom. The van der Waals surface area contributed by atoms with Gasteiger partial charge in [0.15, 0.2) is 0 Å². The van der Waals surface area contributed by atoms with Crippen LogP contribution < -0.4 is 10.1 Å². The zero-order chi connectivity index (χ0) is 23.9. The lowest BCUT2D eigenvalue weighted by atomic mass is 9.92. The standard InChI is InChI=1S/C26H35N3O5/c1-3-33-26(2)11-13-28(14-12-26)20-5-4-6-22(20)34-18-7-8-19-17(15-18)16-29(25(19)32)21-9-10-23(30)27-24(21)31/h7-8,15,20-22H,3-6,9-14,16H2,1-2H3,(H,27,30,31). The van der Waals surface area contributed by atoms with E-state index >= 15 is 0 Å². The smallest absolute Gasteiger partial charge is 0.255 e. The second-order valence-electron chi connectivity index (χ2n) is 10.3. The first kappa shape index (κ1) is 23.3. The van der Waals surface area contributed by atoms with Gasteiger partial charge in [-0.3, -0.25) is 24.6 Å². The summed E-state index contributed by atoms with van der Waals surface area (Å²) in [6.07, 6.45) is 6.18. The van der Waals surface area contributed by atoms with Crippen LogP contribution in [0.15, 0.2) is 18.2 Å². The number of nitrogens with zero attached hydrogens (tertiary/aromatic N) is 2. The zero-order valence-corrected chi connectivity index (χ0v) is 20.2. The van der Waals surface area contributed by atoms with E-state index in [0.717, 1.165) is 63.1 Å². The molecule has 3 heterocycles. The molecule has 1 aromatic carbocycles. The summed E-state index contributed by atoms with van der Waals surface area (Å²) in [6, 6.07) is 5.46. The molecule has 3 atom stereocenters. The van der Waals surface area contributed by atoms with Gasteiger partial charge in [-0.25, -0.2) is 0 Å². The highest BCUT2D eigenvalue weighted by Gasteiger charge is 2.41. The third-order valence-electron chi connectivity index (χ3n) is 8.02. The molecule has 3 amide bonds. The van der Waals surface area contributed by atoms with E-state index in [1.807, 2.05) is 18.2 Å². The van der Waals surface area contributed by atoms with Crippen LogP contribution in [0.3, 0.4) is 0 Å². The van der Waals surface area contributed by atoms with Crippen LogP contribution in [-0.2, 0) is 20.9 Å². The molecular formula is C26H35N3O5. The monoisotopic (exact) mass is 469 g/mol. The number of rotatable bonds is 6.